The second-order valence-electron chi connectivity index (χ2n) is 9.38. The third-order valence-corrected chi connectivity index (χ3v) is 5.90. The molecule has 4 rings (SSSR count). The van der Waals surface area contributed by atoms with Crippen LogP contribution < -0.4 is 10.1 Å². The van der Waals surface area contributed by atoms with Crippen LogP contribution in [0.5, 0.6) is 5.75 Å². The molecule has 0 saturated heterocycles. The minimum atomic E-state index is -0.472. The molecule has 0 fully saturated rings. The number of benzene rings is 3. The fraction of sp³-hybridized carbons (Fsp3) is 0.241. The van der Waals surface area contributed by atoms with E-state index in [4.69, 9.17) is 14.6 Å². The van der Waals surface area contributed by atoms with Gasteiger partial charge >= 0.3 is 0 Å². The quantitative estimate of drug-likeness (QED) is 0.242. The molecule has 1 heterocycles. The maximum atomic E-state index is 13.4. The van der Waals surface area contributed by atoms with Gasteiger partial charge in [0.15, 0.2) is 0 Å². The Bertz CT molecular complexity index is 1300. The standard InChI is InChI=1S/C29H30BrN3O3/c1-20(2)35-19-29(3,4)36-25-16-14-23(15-17-25)31-28(34)26-18-33(24-8-6-5-7-9-24)32-27(26)21-10-12-22(30)13-11-21/h5-18,20H,19H2,1-4H3,(H,31,34). The van der Waals surface area contributed by atoms with Crippen molar-refractivity contribution in [2.75, 3.05) is 11.9 Å². The number of rotatable bonds is 9. The van der Waals surface area contributed by atoms with Crippen LogP contribution in [-0.4, -0.2) is 34.0 Å². The van der Waals surface area contributed by atoms with Crippen LogP contribution in [0.15, 0.2) is 89.5 Å². The molecule has 1 amide bonds. The Hall–Kier alpha value is -3.42. The molecule has 0 aliphatic rings. The van der Waals surface area contributed by atoms with E-state index in [0.717, 1.165) is 15.7 Å². The minimum Gasteiger partial charge on any atom is -0.485 e. The third kappa shape index (κ3) is 6.62. The fourth-order valence-corrected chi connectivity index (χ4v) is 3.86. The number of hydrogen-bond acceptors (Lipinski definition) is 4. The minimum absolute atomic E-state index is 0.138. The highest BCUT2D eigenvalue weighted by atomic mass is 79.9. The maximum Gasteiger partial charge on any atom is 0.259 e. The molecule has 4 aromatic rings. The lowest BCUT2D eigenvalue weighted by Crippen LogP contribution is -2.35. The summed E-state index contributed by atoms with van der Waals surface area (Å²) in [6.07, 6.45) is 1.90. The van der Waals surface area contributed by atoms with E-state index in [1.165, 1.54) is 0 Å². The lowest BCUT2D eigenvalue weighted by molar-refractivity contribution is -0.0276. The zero-order chi connectivity index (χ0) is 25.7. The summed E-state index contributed by atoms with van der Waals surface area (Å²) < 4.78 is 14.5. The molecule has 0 unspecified atom stereocenters. The topological polar surface area (TPSA) is 65.4 Å². The largest absolute Gasteiger partial charge is 0.485 e. The number of nitrogens with one attached hydrogen (secondary N) is 1. The Morgan fingerprint density at radius 3 is 2.31 bits per heavy atom. The van der Waals surface area contributed by atoms with Gasteiger partial charge in [-0.3, -0.25) is 4.79 Å². The second-order valence-corrected chi connectivity index (χ2v) is 10.3. The molecular weight excluding hydrogens is 518 g/mol. The number of hydrogen-bond donors (Lipinski definition) is 1. The Morgan fingerprint density at radius 1 is 1.00 bits per heavy atom. The number of nitrogens with zero attached hydrogens (tertiary/aromatic N) is 2. The van der Waals surface area contributed by atoms with Crippen LogP contribution in [-0.2, 0) is 4.74 Å². The smallest absolute Gasteiger partial charge is 0.259 e. The number of para-hydroxylation sites is 1. The number of carbonyl (C=O) groups excluding carboxylic acids is 1. The van der Waals surface area contributed by atoms with E-state index < -0.39 is 5.60 Å². The fourth-order valence-electron chi connectivity index (χ4n) is 3.59. The summed E-state index contributed by atoms with van der Waals surface area (Å²) in [5.74, 6) is 0.465. The first-order valence-corrected chi connectivity index (χ1v) is 12.6. The van der Waals surface area contributed by atoms with Gasteiger partial charge in [0.25, 0.3) is 5.91 Å². The summed E-state index contributed by atoms with van der Waals surface area (Å²) in [5, 5.41) is 7.73. The van der Waals surface area contributed by atoms with Crippen LogP contribution >= 0.6 is 15.9 Å². The van der Waals surface area contributed by atoms with Gasteiger partial charge in [-0.15, -0.1) is 0 Å². The average Bonchev–Trinajstić information content (AvgIpc) is 3.31. The maximum absolute atomic E-state index is 13.4. The molecule has 0 aliphatic heterocycles. The average molecular weight is 548 g/mol. The van der Waals surface area contributed by atoms with Gasteiger partial charge in [0.1, 0.15) is 17.0 Å². The van der Waals surface area contributed by atoms with Crippen molar-refractivity contribution in [3.63, 3.8) is 0 Å². The molecule has 0 saturated carbocycles. The Balaban J connectivity index is 1.54. The number of ether oxygens (including phenoxy) is 2. The zero-order valence-corrected chi connectivity index (χ0v) is 22.5. The second kappa shape index (κ2) is 11.1. The van der Waals surface area contributed by atoms with Crippen molar-refractivity contribution in [3.05, 3.63) is 95.1 Å². The molecule has 3 aromatic carbocycles. The van der Waals surface area contributed by atoms with Gasteiger partial charge < -0.3 is 14.8 Å². The van der Waals surface area contributed by atoms with Crippen LogP contribution in [0.4, 0.5) is 5.69 Å². The predicted molar refractivity (Wildman–Crippen MR) is 147 cm³/mol. The van der Waals surface area contributed by atoms with Crippen molar-refractivity contribution >= 4 is 27.5 Å². The summed E-state index contributed by atoms with van der Waals surface area (Å²) in [6.45, 7) is 8.45. The summed E-state index contributed by atoms with van der Waals surface area (Å²) in [6, 6.07) is 24.8. The normalized spacial score (nSPS) is 11.5. The molecule has 0 bridgehead atoms. The van der Waals surface area contributed by atoms with E-state index >= 15 is 0 Å². The van der Waals surface area contributed by atoms with E-state index in [1.807, 2.05) is 107 Å². The van der Waals surface area contributed by atoms with Crippen molar-refractivity contribution in [3.8, 4) is 22.7 Å². The van der Waals surface area contributed by atoms with Gasteiger partial charge in [-0.1, -0.05) is 46.3 Å². The molecule has 0 spiro atoms. The molecule has 36 heavy (non-hydrogen) atoms. The summed E-state index contributed by atoms with van der Waals surface area (Å²) in [5.41, 5.74) is 3.01. The van der Waals surface area contributed by atoms with E-state index in [2.05, 4.69) is 21.2 Å². The van der Waals surface area contributed by atoms with Crippen molar-refractivity contribution in [1.82, 2.24) is 9.78 Å². The SMILES string of the molecule is CC(C)OCC(C)(C)Oc1ccc(NC(=O)c2cn(-c3ccccc3)nc2-c2ccc(Br)cc2)cc1. The van der Waals surface area contributed by atoms with E-state index in [0.29, 0.717) is 29.3 Å². The highest BCUT2D eigenvalue weighted by Gasteiger charge is 2.22. The van der Waals surface area contributed by atoms with Gasteiger partial charge in [0.2, 0.25) is 0 Å². The molecule has 0 aliphatic carbocycles. The highest BCUT2D eigenvalue weighted by molar-refractivity contribution is 9.10. The molecule has 0 atom stereocenters. The highest BCUT2D eigenvalue weighted by Crippen LogP contribution is 2.27. The first kappa shape index (κ1) is 25.7. The Kier molecular flexibility index (Phi) is 7.91. The van der Waals surface area contributed by atoms with E-state index in [9.17, 15) is 4.79 Å². The molecule has 7 heteroatoms. The zero-order valence-electron chi connectivity index (χ0n) is 20.9. The Morgan fingerprint density at radius 2 is 1.67 bits per heavy atom. The molecule has 186 valence electrons. The number of carbonyl (C=O) groups is 1. The lowest BCUT2D eigenvalue weighted by atomic mass is 10.1. The van der Waals surface area contributed by atoms with Gasteiger partial charge in [-0.2, -0.15) is 5.10 Å². The molecular formula is C29H30BrN3O3. The predicted octanol–water partition coefficient (Wildman–Crippen LogP) is 7.14. The summed E-state index contributed by atoms with van der Waals surface area (Å²) >= 11 is 3.47. The molecule has 6 nitrogen and oxygen atoms in total. The first-order valence-electron chi connectivity index (χ1n) is 11.8. The number of halogens is 1. The van der Waals surface area contributed by atoms with Crippen molar-refractivity contribution in [1.29, 1.82) is 0 Å². The van der Waals surface area contributed by atoms with Gasteiger partial charge in [-0.25, -0.2) is 4.68 Å². The van der Waals surface area contributed by atoms with Crippen LogP contribution in [0, 0.1) is 0 Å². The monoisotopic (exact) mass is 547 g/mol. The van der Waals surface area contributed by atoms with Crippen LogP contribution in [0.2, 0.25) is 0 Å². The van der Waals surface area contributed by atoms with E-state index in [-0.39, 0.29) is 12.0 Å². The van der Waals surface area contributed by atoms with Gasteiger partial charge in [-0.05, 0) is 76.2 Å². The molecule has 1 N–H and O–H groups in total. The van der Waals surface area contributed by atoms with Crippen molar-refractivity contribution < 1.29 is 14.3 Å². The summed E-state index contributed by atoms with van der Waals surface area (Å²) in [4.78, 5) is 13.4. The van der Waals surface area contributed by atoms with Crippen LogP contribution in [0.3, 0.4) is 0 Å². The van der Waals surface area contributed by atoms with Gasteiger partial charge in [0, 0.05) is 21.9 Å². The first-order chi connectivity index (χ1) is 17.2. The van der Waals surface area contributed by atoms with Crippen LogP contribution in [0.1, 0.15) is 38.1 Å². The summed E-state index contributed by atoms with van der Waals surface area (Å²) in [7, 11) is 0. The number of amides is 1. The number of aromatic nitrogens is 2. The van der Waals surface area contributed by atoms with Gasteiger partial charge in [0.05, 0.1) is 24.0 Å². The Labute approximate surface area is 220 Å². The molecule has 1 aromatic heterocycles. The lowest BCUT2D eigenvalue weighted by Gasteiger charge is -2.27. The van der Waals surface area contributed by atoms with Crippen LogP contribution in [0.25, 0.3) is 16.9 Å². The molecule has 0 radical (unpaired) electrons. The van der Waals surface area contributed by atoms with E-state index in [1.54, 1.807) is 10.9 Å². The van der Waals surface area contributed by atoms with Crippen molar-refractivity contribution in [2.45, 2.75) is 39.4 Å². The third-order valence-electron chi connectivity index (χ3n) is 5.37. The number of anilines is 1. The van der Waals surface area contributed by atoms with Crippen molar-refractivity contribution in [2.24, 2.45) is 0 Å².